The Morgan fingerprint density at radius 1 is 1.07 bits per heavy atom. The van der Waals surface area contributed by atoms with Crippen molar-refractivity contribution in [3.63, 3.8) is 0 Å². The standard InChI is InChI=1S/C33H37N3O5/c1-39-29-14-7-13-27(24-29)30-33(32(38)35-36-20-5-6-21-36,19-8-12-25-10-3-2-4-11-25)34-31(41-30)26-15-17-28(18-16-26)40-23-9-22-37/h2-4,7-8,10-18,24,30,37H,5-6,9,19-23H2,1H3,(H,35,38)/b12-8+/t30-,33-/m0/s1. The second-order valence-electron chi connectivity index (χ2n) is 10.2. The molecule has 1 fully saturated rings. The normalized spacial score (nSPS) is 20.5. The Hall–Kier alpha value is -4.14. The zero-order valence-corrected chi connectivity index (χ0v) is 23.4. The number of amides is 1. The molecular formula is C33H37N3O5. The van der Waals surface area contributed by atoms with Gasteiger partial charge in [0.25, 0.3) is 5.91 Å². The quantitative estimate of drug-likeness (QED) is 0.308. The first-order chi connectivity index (χ1) is 20.1. The Morgan fingerprint density at radius 2 is 1.85 bits per heavy atom. The fourth-order valence-electron chi connectivity index (χ4n) is 5.13. The van der Waals surface area contributed by atoms with Crippen LogP contribution in [0.2, 0.25) is 0 Å². The van der Waals surface area contributed by atoms with E-state index in [4.69, 9.17) is 24.3 Å². The fourth-order valence-corrected chi connectivity index (χ4v) is 5.13. The van der Waals surface area contributed by atoms with E-state index in [0.717, 1.165) is 42.6 Å². The maximum atomic E-state index is 14.2. The number of hydrogen-bond acceptors (Lipinski definition) is 7. The Kier molecular flexibility index (Phi) is 9.33. The van der Waals surface area contributed by atoms with E-state index in [1.807, 2.05) is 96.0 Å². The molecule has 2 atom stereocenters. The van der Waals surface area contributed by atoms with Crippen molar-refractivity contribution in [2.24, 2.45) is 4.99 Å². The molecule has 2 aliphatic heterocycles. The van der Waals surface area contributed by atoms with Crippen molar-refractivity contribution in [2.75, 3.05) is 33.4 Å². The maximum Gasteiger partial charge on any atom is 0.266 e. The largest absolute Gasteiger partial charge is 0.497 e. The Bertz CT molecular complexity index is 1350. The van der Waals surface area contributed by atoms with Crippen LogP contribution in [0.15, 0.2) is 89.9 Å². The van der Waals surface area contributed by atoms with Gasteiger partial charge < -0.3 is 19.3 Å². The summed E-state index contributed by atoms with van der Waals surface area (Å²) in [5, 5.41) is 11.0. The van der Waals surface area contributed by atoms with E-state index in [1.54, 1.807) is 7.11 Å². The Balaban J connectivity index is 1.53. The number of ether oxygens (including phenoxy) is 3. The van der Waals surface area contributed by atoms with E-state index in [1.165, 1.54) is 0 Å². The molecule has 214 valence electrons. The number of hydrogen-bond donors (Lipinski definition) is 2. The smallest absolute Gasteiger partial charge is 0.266 e. The highest BCUT2D eigenvalue weighted by Crippen LogP contribution is 2.43. The van der Waals surface area contributed by atoms with Gasteiger partial charge in [-0.15, -0.1) is 0 Å². The van der Waals surface area contributed by atoms with Gasteiger partial charge >= 0.3 is 0 Å². The van der Waals surface area contributed by atoms with Gasteiger partial charge in [-0.25, -0.2) is 10.0 Å². The van der Waals surface area contributed by atoms with Crippen LogP contribution in [0, 0.1) is 0 Å². The van der Waals surface area contributed by atoms with Crippen LogP contribution in [0.3, 0.4) is 0 Å². The van der Waals surface area contributed by atoms with Crippen LogP contribution in [0.1, 0.15) is 48.5 Å². The van der Waals surface area contributed by atoms with Crippen LogP contribution < -0.4 is 14.9 Å². The molecule has 2 N–H and O–H groups in total. The first-order valence-corrected chi connectivity index (χ1v) is 14.1. The average molecular weight is 556 g/mol. The van der Waals surface area contributed by atoms with Gasteiger partial charge in [0.2, 0.25) is 5.90 Å². The zero-order valence-electron chi connectivity index (χ0n) is 23.4. The van der Waals surface area contributed by atoms with E-state index in [2.05, 4.69) is 5.43 Å². The van der Waals surface area contributed by atoms with Gasteiger partial charge in [-0.1, -0.05) is 54.6 Å². The van der Waals surface area contributed by atoms with Crippen LogP contribution in [0.5, 0.6) is 11.5 Å². The third kappa shape index (κ3) is 6.78. The molecule has 0 aliphatic carbocycles. The number of benzene rings is 3. The van der Waals surface area contributed by atoms with E-state index in [0.29, 0.717) is 36.8 Å². The van der Waals surface area contributed by atoms with E-state index in [-0.39, 0.29) is 12.5 Å². The van der Waals surface area contributed by atoms with Gasteiger partial charge in [0.1, 0.15) is 11.5 Å². The molecule has 1 amide bonds. The number of carbonyl (C=O) groups excluding carboxylic acids is 1. The predicted octanol–water partition coefficient (Wildman–Crippen LogP) is 4.94. The first-order valence-electron chi connectivity index (χ1n) is 14.1. The number of nitrogens with one attached hydrogen (secondary N) is 1. The summed E-state index contributed by atoms with van der Waals surface area (Å²) in [6, 6.07) is 25.1. The third-order valence-corrected chi connectivity index (χ3v) is 7.33. The molecule has 0 saturated carbocycles. The van der Waals surface area contributed by atoms with Gasteiger partial charge in [-0.05, 0) is 60.4 Å². The van der Waals surface area contributed by atoms with E-state index < -0.39 is 11.6 Å². The molecule has 8 heteroatoms. The molecule has 0 bridgehead atoms. The number of aliphatic imine (C=N–C) groups is 1. The average Bonchev–Trinajstić information content (AvgIpc) is 3.67. The SMILES string of the molecule is COc1cccc([C@@H]2OC(c3ccc(OCCCO)cc3)=N[C@]2(C/C=C/c2ccccc2)C(=O)NN2CCCC2)c1. The molecule has 0 radical (unpaired) electrons. The molecule has 1 saturated heterocycles. The van der Waals surface area contributed by atoms with Crippen LogP contribution in [0.4, 0.5) is 0 Å². The second kappa shape index (κ2) is 13.5. The van der Waals surface area contributed by atoms with Crippen LogP contribution in [0.25, 0.3) is 6.08 Å². The number of aliphatic hydroxyl groups is 1. The number of nitrogens with zero attached hydrogens (tertiary/aromatic N) is 2. The lowest BCUT2D eigenvalue weighted by Gasteiger charge is -2.31. The lowest BCUT2D eigenvalue weighted by Crippen LogP contribution is -2.53. The lowest BCUT2D eigenvalue weighted by molar-refractivity contribution is -0.133. The molecule has 0 aromatic heterocycles. The number of aliphatic hydroxyl groups excluding tert-OH is 1. The van der Waals surface area contributed by atoms with Crippen molar-refractivity contribution in [2.45, 2.75) is 37.3 Å². The minimum Gasteiger partial charge on any atom is -0.497 e. The highest BCUT2D eigenvalue weighted by Gasteiger charge is 2.53. The summed E-state index contributed by atoms with van der Waals surface area (Å²) in [5.41, 5.74) is 4.48. The molecule has 3 aromatic rings. The van der Waals surface area contributed by atoms with Crippen molar-refractivity contribution >= 4 is 17.9 Å². The highest BCUT2D eigenvalue weighted by molar-refractivity contribution is 6.01. The summed E-state index contributed by atoms with van der Waals surface area (Å²) in [7, 11) is 1.62. The summed E-state index contributed by atoms with van der Waals surface area (Å²) in [5.74, 6) is 1.56. The maximum absolute atomic E-state index is 14.2. The summed E-state index contributed by atoms with van der Waals surface area (Å²) < 4.78 is 17.8. The number of carbonyl (C=O) groups is 1. The number of rotatable bonds is 12. The van der Waals surface area contributed by atoms with Gasteiger partial charge in [0, 0.05) is 38.1 Å². The van der Waals surface area contributed by atoms with Crippen molar-refractivity contribution in [3.8, 4) is 11.5 Å². The van der Waals surface area contributed by atoms with Crippen molar-refractivity contribution in [1.29, 1.82) is 0 Å². The third-order valence-electron chi connectivity index (χ3n) is 7.33. The minimum absolute atomic E-state index is 0.0781. The summed E-state index contributed by atoms with van der Waals surface area (Å²) in [4.78, 5) is 19.3. The molecule has 0 spiro atoms. The summed E-state index contributed by atoms with van der Waals surface area (Å²) in [6.07, 6.45) is 6.30. The number of methoxy groups -OCH3 is 1. The molecular weight excluding hydrogens is 518 g/mol. The topological polar surface area (TPSA) is 92.6 Å². The van der Waals surface area contributed by atoms with Gasteiger partial charge in [0.05, 0.1) is 13.7 Å². The van der Waals surface area contributed by atoms with Crippen LogP contribution in [-0.2, 0) is 9.53 Å². The van der Waals surface area contributed by atoms with Crippen molar-refractivity contribution in [3.05, 3.63) is 102 Å². The molecule has 2 aliphatic rings. The number of hydrazine groups is 1. The van der Waals surface area contributed by atoms with Crippen molar-refractivity contribution < 1.29 is 24.1 Å². The molecule has 3 aromatic carbocycles. The molecule has 41 heavy (non-hydrogen) atoms. The summed E-state index contributed by atoms with van der Waals surface area (Å²) in [6.45, 7) is 2.12. The van der Waals surface area contributed by atoms with E-state index in [9.17, 15) is 4.79 Å². The van der Waals surface area contributed by atoms with Gasteiger partial charge in [0.15, 0.2) is 11.6 Å². The molecule has 2 heterocycles. The Labute approximate surface area is 241 Å². The lowest BCUT2D eigenvalue weighted by atomic mass is 9.84. The van der Waals surface area contributed by atoms with Gasteiger partial charge in [-0.3, -0.25) is 10.2 Å². The zero-order chi connectivity index (χ0) is 28.5. The fraction of sp³-hybridized carbons (Fsp3) is 0.333. The molecule has 8 nitrogen and oxygen atoms in total. The van der Waals surface area contributed by atoms with Crippen LogP contribution >= 0.6 is 0 Å². The molecule has 5 rings (SSSR count). The predicted molar refractivity (Wildman–Crippen MR) is 159 cm³/mol. The first kappa shape index (κ1) is 28.4. The molecule has 0 unspecified atom stereocenters. The highest BCUT2D eigenvalue weighted by atomic mass is 16.5. The summed E-state index contributed by atoms with van der Waals surface area (Å²) >= 11 is 0. The van der Waals surface area contributed by atoms with Crippen LogP contribution in [-0.4, -0.2) is 60.9 Å². The Morgan fingerprint density at radius 3 is 2.59 bits per heavy atom. The minimum atomic E-state index is -1.26. The van der Waals surface area contributed by atoms with Gasteiger partial charge in [-0.2, -0.15) is 0 Å². The monoisotopic (exact) mass is 555 g/mol. The van der Waals surface area contributed by atoms with Crippen molar-refractivity contribution in [1.82, 2.24) is 10.4 Å². The second-order valence-corrected chi connectivity index (χ2v) is 10.2. The van der Waals surface area contributed by atoms with E-state index >= 15 is 0 Å².